The van der Waals surface area contributed by atoms with Crippen LogP contribution in [0.2, 0.25) is 0 Å². The monoisotopic (exact) mass is 527 g/mol. The molecule has 1 amide bonds. The van der Waals surface area contributed by atoms with Gasteiger partial charge in [0, 0.05) is 16.0 Å². The Morgan fingerprint density at radius 3 is 2.19 bits per heavy atom. The molecular formula is C24H23BINO4. The zero-order valence-corrected chi connectivity index (χ0v) is 19.5. The molecule has 0 aromatic heterocycles. The number of hydrogen-bond acceptors (Lipinski definition) is 4. The third kappa shape index (κ3) is 4.22. The first-order valence-electron chi connectivity index (χ1n) is 10.1. The molecule has 5 nitrogen and oxygen atoms in total. The van der Waals surface area contributed by atoms with Crippen molar-refractivity contribution < 1.29 is 19.6 Å². The van der Waals surface area contributed by atoms with Gasteiger partial charge in [-0.25, -0.2) is 4.79 Å². The van der Waals surface area contributed by atoms with E-state index in [1.165, 1.54) is 22.3 Å². The number of halogens is 1. The highest BCUT2D eigenvalue weighted by molar-refractivity contribution is 14.1. The minimum Gasteiger partial charge on any atom is -0.449 e. The molecule has 0 aliphatic heterocycles. The highest BCUT2D eigenvalue weighted by atomic mass is 127. The first kappa shape index (κ1) is 21.9. The van der Waals surface area contributed by atoms with Crippen LogP contribution in [0.5, 0.6) is 0 Å². The molecule has 0 saturated heterocycles. The molecule has 0 atom stereocenters. The van der Waals surface area contributed by atoms with E-state index in [4.69, 9.17) is 4.74 Å². The largest absolute Gasteiger partial charge is 0.489 e. The summed E-state index contributed by atoms with van der Waals surface area (Å²) < 4.78 is 6.49. The van der Waals surface area contributed by atoms with Gasteiger partial charge in [0.15, 0.2) is 0 Å². The SMILES string of the molecule is Cc1c(I)cc(CNC(=O)OCC2c3ccccc3-c3ccccc32)c(C)c1B(O)O. The summed E-state index contributed by atoms with van der Waals surface area (Å²) in [6.45, 7) is 4.18. The summed E-state index contributed by atoms with van der Waals surface area (Å²) in [5.41, 5.74) is 7.61. The number of hydrogen-bond donors (Lipinski definition) is 3. The Labute approximate surface area is 195 Å². The van der Waals surface area contributed by atoms with Gasteiger partial charge in [-0.05, 0) is 86.9 Å². The summed E-state index contributed by atoms with van der Waals surface area (Å²) in [7, 11) is -1.55. The summed E-state index contributed by atoms with van der Waals surface area (Å²) in [5, 5.41) is 22.2. The molecule has 4 rings (SSSR count). The Morgan fingerprint density at radius 1 is 1.03 bits per heavy atom. The van der Waals surface area contributed by atoms with Gasteiger partial charge in [0.25, 0.3) is 0 Å². The van der Waals surface area contributed by atoms with Crippen molar-refractivity contribution in [3.8, 4) is 11.1 Å². The van der Waals surface area contributed by atoms with Gasteiger partial charge in [0.05, 0.1) is 0 Å². The molecule has 1 aliphatic rings. The van der Waals surface area contributed by atoms with Crippen molar-refractivity contribution in [1.82, 2.24) is 5.32 Å². The van der Waals surface area contributed by atoms with Crippen LogP contribution < -0.4 is 10.8 Å². The van der Waals surface area contributed by atoms with Crippen molar-refractivity contribution in [1.29, 1.82) is 0 Å². The van der Waals surface area contributed by atoms with Crippen LogP contribution in [0.1, 0.15) is 33.7 Å². The minimum absolute atomic E-state index is 0.0105. The number of carbonyl (C=O) groups excluding carboxylic acids is 1. The quantitative estimate of drug-likeness (QED) is 0.350. The smallest absolute Gasteiger partial charge is 0.449 e. The van der Waals surface area contributed by atoms with Crippen molar-refractivity contribution in [3.63, 3.8) is 0 Å². The topological polar surface area (TPSA) is 78.8 Å². The zero-order valence-electron chi connectivity index (χ0n) is 17.4. The molecule has 0 unspecified atom stereocenters. The molecule has 0 fully saturated rings. The van der Waals surface area contributed by atoms with E-state index in [1.54, 1.807) is 0 Å². The van der Waals surface area contributed by atoms with E-state index >= 15 is 0 Å². The molecule has 7 heteroatoms. The van der Waals surface area contributed by atoms with Crippen LogP contribution in [0.25, 0.3) is 11.1 Å². The lowest BCUT2D eigenvalue weighted by Gasteiger charge is -2.17. The molecule has 0 radical (unpaired) electrons. The number of alkyl carbamates (subject to hydrolysis) is 1. The lowest BCUT2D eigenvalue weighted by atomic mass is 9.73. The molecule has 158 valence electrons. The molecule has 0 bridgehead atoms. The molecular weight excluding hydrogens is 504 g/mol. The van der Waals surface area contributed by atoms with Gasteiger partial charge in [-0.3, -0.25) is 0 Å². The van der Waals surface area contributed by atoms with Crippen molar-refractivity contribution >= 4 is 41.3 Å². The Kier molecular flexibility index (Phi) is 6.36. The molecule has 31 heavy (non-hydrogen) atoms. The Balaban J connectivity index is 1.45. The molecule has 1 aliphatic carbocycles. The van der Waals surface area contributed by atoms with E-state index in [2.05, 4.69) is 52.2 Å². The average molecular weight is 527 g/mol. The summed E-state index contributed by atoms with van der Waals surface area (Å²) in [4.78, 5) is 12.4. The number of ether oxygens (including phenoxy) is 1. The van der Waals surface area contributed by atoms with E-state index < -0.39 is 13.2 Å². The van der Waals surface area contributed by atoms with Crippen LogP contribution in [0.4, 0.5) is 4.79 Å². The maximum absolute atomic E-state index is 12.4. The average Bonchev–Trinajstić information content (AvgIpc) is 3.07. The second kappa shape index (κ2) is 9.02. The van der Waals surface area contributed by atoms with Gasteiger partial charge in [-0.1, -0.05) is 48.5 Å². The zero-order chi connectivity index (χ0) is 22.1. The first-order valence-corrected chi connectivity index (χ1v) is 11.2. The highest BCUT2D eigenvalue weighted by Crippen LogP contribution is 2.44. The second-order valence-electron chi connectivity index (χ2n) is 7.73. The van der Waals surface area contributed by atoms with Crippen molar-refractivity contribution in [2.45, 2.75) is 26.3 Å². The van der Waals surface area contributed by atoms with Crippen LogP contribution in [-0.4, -0.2) is 29.9 Å². The predicted molar refractivity (Wildman–Crippen MR) is 130 cm³/mol. The molecule has 3 aromatic rings. The van der Waals surface area contributed by atoms with E-state index in [0.29, 0.717) is 5.46 Å². The summed E-state index contributed by atoms with van der Waals surface area (Å²) >= 11 is 2.16. The predicted octanol–water partition coefficient (Wildman–Crippen LogP) is 3.63. The number of benzene rings is 3. The van der Waals surface area contributed by atoms with Crippen LogP contribution in [0.15, 0.2) is 54.6 Å². The van der Waals surface area contributed by atoms with Gasteiger partial charge < -0.3 is 20.1 Å². The summed E-state index contributed by atoms with van der Waals surface area (Å²) in [6.07, 6.45) is -0.497. The van der Waals surface area contributed by atoms with Crippen LogP contribution in [0.3, 0.4) is 0 Å². The lowest BCUT2D eigenvalue weighted by Crippen LogP contribution is -2.36. The lowest BCUT2D eigenvalue weighted by molar-refractivity contribution is 0.142. The van der Waals surface area contributed by atoms with E-state index in [0.717, 1.165) is 20.3 Å². The van der Waals surface area contributed by atoms with Crippen molar-refractivity contribution in [2.24, 2.45) is 0 Å². The molecule has 0 saturated carbocycles. The first-order chi connectivity index (χ1) is 14.9. The Morgan fingerprint density at radius 2 is 1.61 bits per heavy atom. The third-order valence-corrected chi connectivity index (χ3v) is 7.09. The number of rotatable bonds is 5. The molecule has 3 N–H and O–H groups in total. The maximum Gasteiger partial charge on any atom is 0.489 e. The minimum atomic E-state index is -1.55. The Bertz CT molecular complexity index is 1100. The van der Waals surface area contributed by atoms with E-state index in [1.807, 2.05) is 44.2 Å². The molecule has 0 heterocycles. The van der Waals surface area contributed by atoms with Gasteiger partial charge >= 0.3 is 13.2 Å². The fourth-order valence-electron chi connectivity index (χ4n) is 4.34. The number of fused-ring (bicyclic) bond motifs is 3. The van der Waals surface area contributed by atoms with Crippen molar-refractivity contribution in [3.05, 3.63) is 86.0 Å². The van der Waals surface area contributed by atoms with Crippen LogP contribution >= 0.6 is 22.6 Å². The summed E-state index contributed by atoms with van der Waals surface area (Å²) in [5.74, 6) is 0.0105. The van der Waals surface area contributed by atoms with Gasteiger partial charge in [-0.2, -0.15) is 0 Å². The molecule has 3 aromatic carbocycles. The standard InChI is InChI=1S/C24H23BINO4/c1-14-16(11-22(26)15(2)23(14)25(29)30)12-27-24(28)31-13-21-19-9-5-3-7-17(19)18-8-4-6-10-20(18)21/h3-11,21,29-30H,12-13H2,1-2H3,(H,27,28). The van der Waals surface area contributed by atoms with Gasteiger partial charge in [0.2, 0.25) is 0 Å². The van der Waals surface area contributed by atoms with Gasteiger partial charge in [0.1, 0.15) is 6.61 Å². The van der Waals surface area contributed by atoms with E-state index in [-0.39, 0.29) is 19.1 Å². The van der Waals surface area contributed by atoms with Crippen molar-refractivity contribution in [2.75, 3.05) is 6.61 Å². The third-order valence-electron chi connectivity index (χ3n) is 5.97. The van der Waals surface area contributed by atoms with Gasteiger partial charge in [-0.15, -0.1) is 0 Å². The molecule has 0 spiro atoms. The highest BCUT2D eigenvalue weighted by Gasteiger charge is 2.29. The summed E-state index contributed by atoms with van der Waals surface area (Å²) in [6, 6.07) is 18.4. The number of nitrogens with one attached hydrogen (secondary N) is 1. The van der Waals surface area contributed by atoms with E-state index in [9.17, 15) is 14.8 Å². The Hall–Kier alpha value is -2.36. The number of carbonyl (C=O) groups is 1. The normalized spacial score (nSPS) is 12.3. The number of amides is 1. The van der Waals surface area contributed by atoms with Crippen LogP contribution in [0, 0.1) is 17.4 Å². The maximum atomic E-state index is 12.4. The fourth-order valence-corrected chi connectivity index (χ4v) is 5.01. The second-order valence-corrected chi connectivity index (χ2v) is 8.90. The fraction of sp³-hybridized carbons (Fsp3) is 0.208. The van der Waals surface area contributed by atoms with Crippen LogP contribution in [-0.2, 0) is 11.3 Å².